The molecule has 0 bridgehead atoms. The van der Waals surface area contributed by atoms with E-state index < -0.39 is 154 Å². The molecule has 2 saturated heterocycles. The van der Waals surface area contributed by atoms with Gasteiger partial charge >= 0.3 is 0 Å². The number of aliphatic hydroxyl groups is 12. The summed E-state index contributed by atoms with van der Waals surface area (Å²) in [5, 5.41) is 127. The van der Waals surface area contributed by atoms with E-state index in [1.165, 1.54) is 4.90 Å². The molecule has 3 aliphatic rings. The number of nitrogens with one attached hydrogen (secondary N) is 3. The highest BCUT2D eigenvalue weighted by Gasteiger charge is 2.46. The lowest BCUT2D eigenvalue weighted by atomic mass is 9.81. The quantitative estimate of drug-likeness (QED) is 0.0400. The molecule has 3 rings (SSSR count). The fraction of sp³-hybridized carbons (Fsp3) is 0.895. The van der Waals surface area contributed by atoms with Crippen molar-refractivity contribution in [2.45, 2.75) is 132 Å². The summed E-state index contributed by atoms with van der Waals surface area (Å²) < 4.78 is 27.1. The number of carbonyl (C=O) groups excluding carboxylic acids is 4. The molecule has 1 saturated carbocycles. The fourth-order valence-electron chi connectivity index (χ4n) is 7.15. The molecule has 1 aliphatic carbocycles. The zero-order valence-corrected chi connectivity index (χ0v) is 35.6. The maximum Gasteiger partial charge on any atom is 0.237 e. The van der Waals surface area contributed by atoms with Crippen molar-refractivity contribution in [2.75, 3.05) is 72.4 Å². The molecule has 25 nitrogen and oxygen atoms in total. The molecule has 0 spiro atoms. The third-order valence-corrected chi connectivity index (χ3v) is 11.1. The summed E-state index contributed by atoms with van der Waals surface area (Å²) in [5.74, 6) is -3.21. The molecule has 3 amide bonds. The highest BCUT2D eigenvalue weighted by Crippen LogP contribution is 2.28. The number of ketones is 1. The van der Waals surface area contributed by atoms with E-state index in [9.17, 15) is 80.5 Å². The number of aliphatic hydroxyl groups excluding tert-OH is 12. The number of hydrogen-bond donors (Lipinski definition) is 15. The Morgan fingerprint density at radius 3 is 1.49 bits per heavy atom. The maximum absolute atomic E-state index is 13.9. The predicted molar refractivity (Wildman–Crippen MR) is 210 cm³/mol. The van der Waals surface area contributed by atoms with Gasteiger partial charge in [-0.15, -0.1) is 0 Å². The van der Waals surface area contributed by atoms with Crippen LogP contribution in [0.4, 0.5) is 0 Å². The molecule has 63 heavy (non-hydrogen) atoms. The zero-order valence-electron chi connectivity index (χ0n) is 35.6. The zero-order chi connectivity index (χ0) is 47.2. The lowest BCUT2D eigenvalue weighted by Gasteiger charge is -2.39. The highest BCUT2D eigenvalue weighted by atomic mass is 16.7. The molecule has 0 aromatic carbocycles. The number of rotatable bonds is 24. The van der Waals surface area contributed by atoms with Crippen molar-refractivity contribution in [3.05, 3.63) is 0 Å². The van der Waals surface area contributed by atoms with Crippen molar-refractivity contribution in [1.29, 1.82) is 0 Å². The Balaban J connectivity index is 1.71. The van der Waals surface area contributed by atoms with Crippen LogP contribution in [0.1, 0.15) is 40.0 Å². The minimum Gasteiger partial charge on any atom is -0.396 e. The second kappa shape index (κ2) is 25.9. The number of carbonyl (C=O) groups is 4. The van der Waals surface area contributed by atoms with Gasteiger partial charge in [-0.1, -0.05) is 20.8 Å². The van der Waals surface area contributed by atoms with Crippen LogP contribution in [-0.4, -0.2) is 254 Å². The average molecular weight is 917 g/mol. The van der Waals surface area contributed by atoms with E-state index in [1.807, 2.05) is 0 Å². The summed E-state index contributed by atoms with van der Waals surface area (Å²) >= 11 is 0. The van der Waals surface area contributed by atoms with Crippen LogP contribution in [-0.2, 0) is 42.9 Å². The molecule has 2 heterocycles. The van der Waals surface area contributed by atoms with Crippen LogP contribution in [0.25, 0.3) is 0 Å². The fourth-order valence-corrected chi connectivity index (χ4v) is 7.15. The predicted octanol–water partition coefficient (Wildman–Crippen LogP) is -8.49. The minimum atomic E-state index is -1.71. The summed E-state index contributed by atoms with van der Waals surface area (Å²) in [6.45, 7) is 0.480. The molecule has 0 unspecified atom stereocenters. The van der Waals surface area contributed by atoms with E-state index in [4.69, 9.17) is 23.7 Å². The Morgan fingerprint density at radius 1 is 0.603 bits per heavy atom. The second-order valence-electron chi connectivity index (χ2n) is 16.8. The normalized spacial score (nSPS) is 34.3. The van der Waals surface area contributed by atoms with Crippen LogP contribution < -0.4 is 16.0 Å². The van der Waals surface area contributed by atoms with Gasteiger partial charge in [-0.2, -0.15) is 0 Å². The van der Waals surface area contributed by atoms with Crippen LogP contribution in [0.3, 0.4) is 0 Å². The number of hydrogen-bond acceptors (Lipinski definition) is 22. The van der Waals surface area contributed by atoms with Gasteiger partial charge < -0.3 is 101 Å². The van der Waals surface area contributed by atoms with Crippen LogP contribution in [0.5, 0.6) is 0 Å². The van der Waals surface area contributed by atoms with Crippen molar-refractivity contribution in [1.82, 2.24) is 20.9 Å². The lowest BCUT2D eigenvalue weighted by molar-refractivity contribution is -0.300. The molecule has 0 aromatic heterocycles. The molecule has 0 aromatic rings. The van der Waals surface area contributed by atoms with Gasteiger partial charge in [-0.05, 0) is 12.8 Å². The smallest absolute Gasteiger partial charge is 0.237 e. The second-order valence-corrected chi connectivity index (χ2v) is 16.8. The Kier molecular flexibility index (Phi) is 22.5. The van der Waals surface area contributed by atoms with Crippen LogP contribution in [0.2, 0.25) is 0 Å². The first-order valence-corrected chi connectivity index (χ1v) is 20.9. The van der Waals surface area contributed by atoms with E-state index in [1.54, 1.807) is 20.8 Å². The number of nitrogens with zero attached hydrogens (tertiary/aromatic N) is 1. The van der Waals surface area contributed by atoms with E-state index in [0.29, 0.717) is 0 Å². The molecule has 366 valence electrons. The van der Waals surface area contributed by atoms with E-state index >= 15 is 0 Å². The van der Waals surface area contributed by atoms with Crippen LogP contribution in [0.15, 0.2) is 0 Å². The molecule has 25 heteroatoms. The summed E-state index contributed by atoms with van der Waals surface area (Å²) in [4.78, 5) is 54.9. The van der Waals surface area contributed by atoms with Crippen molar-refractivity contribution in [3.8, 4) is 0 Å². The standard InChI is InChI=1S/C38H68N4O21/c1-38(2,3)23(46)5-4-19(35(58)41-8-11-61-37-34(57)32(55)29(52)22(17-45)63-37)42(13-24(47)39-6-9-59-20-12-18(15-43)26(49)30(53)27(20)50)14-25(48)40-7-10-60-36-33(56)31(54)28(51)21(16-44)62-36/h18-22,26-34,36-37,43-45,49-57H,4-17H2,1-3H3,(H,39,47)(H,40,48)(H,41,58)/t18-,19+,20-,21-,22-,26-,27+,28-,29-,30+,31+,32+,33-,34-,36-,37-/m1/s1. The molecule has 16 atom stereocenters. The topological polar surface area (TPSA) is 397 Å². The maximum atomic E-state index is 13.9. The van der Waals surface area contributed by atoms with Gasteiger partial charge in [0.25, 0.3) is 0 Å². The van der Waals surface area contributed by atoms with Gasteiger partial charge in [0.2, 0.25) is 17.7 Å². The summed E-state index contributed by atoms with van der Waals surface area (Å²) in [7, 11) is 0. The van der Waals surface area contributed by atoms with Crippen molar-refractivity contribution in [3.63, 3.8) is 0 Å². The Hall–Kier alpha value is -2.64. The van der Waals surface area contributed by atoms with Crippen molar-refractivity contribution in [2.24, 2.45) is 11.3 Å². The van der Waals surface area contributed by atoms with E-state index in [-0.39, 0.29) is 64.5 Å². The summed E-state index contributed by atoms with van der Waals surface area (Å²) in [6.07, 6.45) is -21.3. The van der Waals surface area contributed by atoms with Gasteiger partial charge in [-0.3, -0.25) is 24.1 Å². The number of ether oxygens (including phenoxy) is 5. The largest absolute Gasteiger partial charge is 0.396 e. The SMILES string of the molecule is CC(C)(C)C(=O)CC[C@@H](C(=O)NCCO[C@@H]1O[C@H](CO)[C@@H](O)[C@H](O)[C@H]1O)N(CC(=O)NCCO[C@@H]1O[C@H](CO)[C@@H](O)[C@H](O)[C@H]1O)CC(=O)NCCO[C@@H]1C[C@H](CO)[C@@H](O)[C@H](O)[C@H]1O. The lowest BCUT2D eigenvalue weighted by Crippen LogP contribution is -2.59. The molecule has 2 aliphatic heterocycles. The first-order chi connectivity index (χ1) is 29.7. The first-order valence-electron chi connectivity index (χ1n) is 20.9. The van der Waals surface area contributed by atoms with Crippen molar-refractivity contribution < 1.29 is 104 Å². The Labute approximate surface area is 363 Å². The number of amides is 3. The third kappa shape index (κ3) is 15.7. The monoisotopic (exact) mass is 916 g/mol. The molecule has 0 radical (unpaired) electrons. The number of Topliss-reactive ketones (excluding diaryl/α,β-unsaturated/α-hetero) is 1. The van der Waals surface area contributed by atoms with Crippen molar-refractivity contribution >= 4 is 23.5 Å². The summed E-state index contributed by atoms with van der Waals surface area (Å²) in [6, 6.07) is -1.32. The molecule has 15 N–H and O–H groups in total. The molecular formula is C38H68N4O21. The van der Waals surface area contributed by atoms with Crippen LogP contribution in [0, 0.1) is 11.3 Å². The van der Waals surface area contributed by atoms with E-state index in [2.05, 4.69) is 16.0 Å². The Morgan fingerprint density at radius 2 is 1.05 bits per heavy atom. The van der Waals surface area contributed by atoms with Gasteiger partial charge in [-0.25, -0.2) is 0 Å². The van der Waals surface area contributed by atoms with Gasteiger partial charge in [0.15, 0.2) is 12.6 Å². The first kappa shape index (κ1) is 54.7. The summed E-state index contributed by atoms with van der Waals surface area (Å²) in [5.41, 5.74) is -0.821. The van der Waals surface area contributed by atoms with Gasteiger partial charge in [0.1, 0.15) is 66.8 Å². The molecule has 3 fully saturated rings. The van der Waals surface area contributed by atoms with Gasteiger partial charge in [0.05, 0.1) is 64.4 Å². The highest BCUT2D eigenvalue weighted by molar-refractivity contribution is 5.88. The average Bonchev–Trinajstić information content (AvgIpc) is 3.24. The van der Waals surface area contributed by atoms with Gasteiger partial charge in [0, 0.05) is 44.0 Å². The van der Waals surface area contributed by atoms with Crippen LogP contribution >= 0.6 is 0 Å². The minimum absolute atomic E-state index is 0.0118. The Bertz CT molecular complexity index is 1360. The molecular weight excluding hydrogens is 848 g/mol. The third-order valence-electron chi connectivity index (χ3n) is 11.1. The van der Waals surface area contributed by atoms with E-state index in [0.717, 1.165) is 0 Å².